The molecule has 0 spiro atoms. The smallest absolute Gasteiger partial charge is 0.261 e. The minimum absolute atomic E-state index is 0.0252. The molecular formula is C17H21N3O3. The fraction of sp³-hybridized carbons (Fsp3) is 0.471. The fourth-order valence-electron chi connectivity index (χ4n) is 3.08. The van der Waals surface area contributed by atoms with Crippen LogP contribution in [0.3, 0.4) is 0 Å². The summed E-state index contributed by atoms with van der Waals surface area (Å²) in [5, 5.41) is 9.73. The SMILES string of the molecule is Cc1cccc2c(=O)n(CCC(=O)N3CCC(CO)C3)cnc12. The van der Waals surface area contributed by atoms with Gasteiger partial charge >= 0.3 is 0 Å². The molecule has 122 valence electrons. The van der Waals surface area contributed by atoms with E-state index >= 15 is 0 Å². The summed E-state index contributed by atoms with van der Waals surface area (Å²) >= 11 is 0. The molecule has 3 rings (SSSR count). The lowest BCUT2D eigenvalue weighted by Gasteiger charge is -2.16. The normalized spacial score (nSPS) is 17.8. The Hall–Kier alpha value is -2.21. The van der Waals surface area contributed by atoms with E-state index in [2.05, 4.69) is 4.98 Å². The third-order valence-corrected chi connectivity index (χ3v) is 4.52. The molecule has 1 aromatic heterocycles. The largest absolute Gasteiger partial charge is 0.396 e. The van der Waals surface area contributed by atoms with Gasteiger partial charge in [0.15, 0.2) is 0 Å². The van der Waals surface area contributed by atoms with E-state index in [-0.39, 0.29) is 30.4 Å². The van der Waals surface area contributed by atoms with Crippen LogP contribution >= 0.6 is 0 Å². The number of carbonyl (C=O) groups is 1. The van der Waals surface area contributed by atoms with Gasteiger partial charge in [0.1, 0.15) is 0 Å². The Morgan fingerprint density at radius 3 is 3.00 bits per heavy atom. The Morgan fingerprint density at radius 1 is 1.43 bits per heavy atom. The van der Waals surface area contributed by atoms with Gasteiger partial charge in [-0.05, 0) is 25.0 Å². The lowest BCUT2D eigenvalue weighted by molar-refractivity contribution is -0.130. The molecule has 1 aliphatic heterocycles. The van der Waals surface area contributed by atoms with Crippen molar-refractivity contribution in [3.05, 3.63) is 40.4 Å². The first-order chi connectivity index (χ1) is 11.1. The molecule has 6 nitrogen and oxygen atoms in total. The molecule has 0 radical (unpaired) electrons. The molecule has 0 aliphatic carbocycles. The van der Waals surface area contributed by atoms with Crippen molar-refractivity contribution in [2.24, 2.45) is 5.92 Å². The van der Waals surface area contributed by atoms with Gasteiger partial charge in [-0.15, -0.1) is 0 Å². The Bertz CT molecular complexity index is 784. The molecule has 1 fully saturated rings. The topological polar surface area (TPSA) is 75.4 Å². The summed E-state index contributed by atoms with van der Waals surface area (Å²) in [5.41, 5.74) is 1.57. The number of hydrogen-bond acceptors (Lipinski definition) is 4. The maximum atomic E-state index is 12.5. The van der Waals surface area contributed by atoms with E-state index in [1.165, 1.54) is 10.9 Å². The summed E-state index contributed by atoms with van der Waals surface area (Å²) in [6, 6.07) is 5.53. The lowest BCUT2D eigenvalue weighted by Crippen LogP contribution is -2.31. The summed E-state index contributed by atoms with van der Waals surface area (Å²) in [4.78, 5) is 30.8. The average Bonchev–Trinajstić information content (AvgIpc) is 3.04. The third kappa shape index (κ3) is 3.12. The summed E-state index contributed by atoms with van der Waals surface area (Å²) in [6.07, 6.45) is 2.64. The first-order valence-electron chi connectivity index (χ1n) is 7.93. The second-order valence-electron chi connectivity index (χ2n) is 6.14. The Kier molecular flexibility index (Phi) is 4.43. The van der Waals surface area contributed by atoms with Crippen LogP contribution < -0.4 is 5.56 Å². The quantitative estimate of drug-likeness (QED) is 0.911. The molecule has 0 saturated carbocycles. The zero-order valence-electron chi connectivity index (χ0n) is 13.2. The molecule has 2 heterocycles. The number of para-hydroxylation sites is 1. The standard InChI is InChI=1S/C17H21N3O3/c1-12-3-2-4-14-16(12)18-11-20(17(14)23)8-6-15(22)19-7-5-13(9-19)10-21/h2-4,11,13,21H,5-10H2,1H3. The number of likely N-dealkylation sites (tertiary alicyclic amines) is 1. The van der Waals surface area contributed by atoms with Gasteiger partial charge in [0.05, 0.1) is 17.2 Å². The second kappa shape index (κ2) is 6.50. The number of fused-ring (bicyclic) bond motifs is 1. The van der Waals surface area contributed by atoms with Crippen molar-refractivity contribution in [1.82, 2.24) is 14.5 Å². The zero-order chi connectivity index (χ0) is 16.4. The van der Waals surface area contributed by atoms with E-state index in [0.717, 1.165) is 12.0 Å². The van der Waals surface area contributed by atoms with Crippen molar-refractivity contribution in [1.29, 1.82) is 0 Å². The van der Waals surface area contributed by atoms with Crippen molar-refractivity contribution >= 4 is 16.8 Å². The van der Waals surface area contributed by atoms with E-state index in [0.29, 0.717) is 30.5 Å². The van der Waals surface area contributed by atoms with Gasteiger partial charge in [-0.3, -0.25) is 14.2 Å². The van der Waals surface area contributed by atoms with Crippen LogP contribution in [0.1, 0.15) is 18.4 Å². The molecule has 1 saturated heterocycles. The molecular weight excluding hydrogens is 294 g/mol. The molecule has 1 atom stereocenters. The first kappa shape index (κ1) is 15.7. The van der Waals surface area contributed by atoms with Crippen LogP contribution in [0, 0.1) is 12.8 Å². The molecule has 1 amide bonds. The number of hydrogen-bond donors (Lipinski definition) is 1. The predicted octanol–water partition coefficient (Wildman–Crippen LogP) is 0.936. The third-order valence-electron chi connectivity index (χ3n) is 4.52. The van der Waals surface area contributed by atoms with Gasteiger partial charge in [0.2, 0.25) is 5.91 Å². The highest BCUT2D eigenvalue weighted by Crippen LogP contribution is 2.16. The number of benzene rings is 1. The van der Waals surface area contributed by atoms with E-state index in [9.17, 15) is 9.59 Å². The molecule has 1 aliphatic rings. The maximum absolute atomic E-state index is 12.5. The number of rotatable bonds is 4. The number of carbonyl (C=O) groups excluding carboxylic acids is 1. The van der Waals surface area contributed by atoms with Crippen molar-refractivity contribution in [2.45, 2.75) is 26.3 Å². The van der Waals surface area contributed by atoms with Crippen LogP contribution in [0.5, 0.6) is 0 Å². The van der Waals surface area contributed by atoms with Gasteiger partial charge in [-0.2, -0.15) is 0 Å². The van der Waals surface area contributed by atoms with Crippen molar-refractivity contribution in [3.8, 4) is 0 Å². The highest BCUT2D eigenvalue weighted by Gasteiger charge is 2.25. The first-order valence-corrected chi connectivity index (χ1v) is 7.93. The minimum atomic E-state index is -0.110. The summed E-state index contributed by atoms with van der Waals surface area (Å²) in [5.74, 6) is 0.212. The van der Waals surface area contributed by atoms with Crippen LogP contribution in [0.2, 0.25) is 0 Å². The number of aromatic nitrogens is 2. The number of aliphatic hydroxyl groups excluding tert-OH is 1. The predicted molar refractivity (Wildman–Crippen MR) is 87.1 cm³/mol. The van der Waals surface area contributed by atoms with Crippen molar-refractivity contribution in [2.75, 3.05) is 19.7 Å². The number of aryl methyl sites for hydroxylation is 2. The van der Waals surface area contributed by atoms with Crippen LogP contribution in [-0.4, -0.2) is 45.2 Å². The maximum Gasteiger partial charge on any atom is 0.261 e. The van der Waals surface area contributed by atoms with E-state index in [1.807, 2.05) is 19.1 Å². The number of nitrogens with zero attached hydrogens (tertiary/aromatic N) is 3. The minimum Gasteiger partial charge on any atom is -0.396 e. The van der Waals surface area contributed by atoms with Gasteiger partial charge in [-0.25, -0.2) is 4.98 Å². The fourth-order valence-corrected chi connectivity index (χ4v) is 3.08. The van der Waals surface area contributed by atoms with E-state index in [1.54, 1.807) is 11.0 Å². The van der Waals surface area contributed by atoms with Gasteiger partial charge < -0.3 is 10.0 Å². The van der Waals surface area contributed by atoms with Crippen molar-refractivity contribution < 1.29 is 9.90 Å². The lowest BCUT2D eigenvalue weighted by atomic mass is 10.1. The highest BCUT2D eigenvalue weighted by molar-refractivity contribution is 5.80. The van der Waals surface area contributed by atoms with E-state index in [4.69, 9.17) is 5.11 Å². The number of amides is 1. The Morgan fingerprint density at radius 2 is 2.26 bits per heavy atom. The van der Waals surface area contributed by atoms with Crippen molar-refractivity contribution in [3.63, 3.8) is 0 Å². The summed E-state index contributed by atoms with van der Waals surface area (Å²) < 4.78 is 1.50. The number of aliphatic hydroxyl groups is 1. The second-order valence-corrected chi connectivity index (χ2v) is 6.14. The van der Waals surface area contributed by atoms with Gasteiger partial charge in [-0.1, -0.05) is 12.1 Å². The monoisotopic (exact) mass is 315 g/mol. The van der Waals surface area contributed by atoms with Crippen LogP contribution in [0.15, 0.2) is 29.3 Å². The van der Waals surface area contributed by atoms with Crippen LogP contribution in [0.25, 0.3) is 10.9 Å². The molecule has 1 N–H and O–H groups in total. The van der Waals surface area contributed by atoms with Crippen LogP contribution in [-0.2, 0) is 11.3 Å². The molecule has 23 heavy (non-hydrogen) atoms. The van der Waals surface area contributed by atoms with Crippen LogP contribution in [0.4, 0.5) is 0 Å². The summed E-state index contributed by atoms with van der Waals surface area (Å²) in [7, 11) is 0. The zero-order valence-corrected chi connectivity index (χ0v) is 13.2. The Balaban J connectivity index is 1.71. The van der Waals surface area contributed by atoms with E-state index < -0.39 is 0 Å². The average molecular weight is 315 g/mol. The van der Waals surface area contributed by atoms with Gasteiger partial charge in [0, 0.05) is 38.6 Å². The molecule has 0 bridgehead atoms. The molecule has 2 aromatic rings. The molecule has 1 aromatic carbocycles. The Labute approximate surface area is 134 Å². The molecule has 6 heteroatoms. The van der Waals surface area contributed by atoms with Gasteiger partial charge in [0.25, 0.3) is 5.56 Å². The summed E-state index contributed by atoms with van der Waals surface area (Å²) in [6.45, 7) is 3.67. The highest BCUT2D eigenvalue weighted by atomic mass is 16.3. The molecule has 1 unspecified atom stereocenters.